The molecule has 0 fully saturated rings. The zero-order valence-electron chi connectivity index (χ0n) is 11.8. The van der Waals surface area contributed by atoms with Gasteiger partial charge in [-0.2, -0.15) is 5.10 Å². The molecular weight excluding hydrogens is 298 g/mol. The molecule has 3 heterocycles. The fraction of sp³-hybridized carbons (Fsp3) is 0.125. The van der Waals surface area contributed by atoms with E-state index in [2.05, 4.69) is 10.4 Å². The monoisotopic (exact) mass is 313 g/mol. The second-order valence-corrected chi connectivity index (χ2v) is 5.59. The number of thiophene rings is 1. The molecule has 6 heteroatoms. The van der Waals surface area contributed by atoms with Crippen LogP contribution in [0.4, 0.5) is 0 Å². The van der Waals surface area contributed by atoms with E-state index in [1.54, 1.807) is 34.6 Å². The predicted molar refractivity (Wildman–Crippen MR) is 85.4 cm³/mol. The lowest BCUT2D eigenvalue weighted by atomic mass is 10.2. The topological polar surface area (TPSA) is 60.1 Å². The van der Waals surface area contributed by atoms with Crippen molar-refractivity contribution in [2.24, 2.45) is 0 Å². The van der Waals surface area contributed by atoms with Crippen LogP contribution in [0.15, 0.2) is 64.9 Å². The van der Waals surface area contributed by atoms with Gasteiger partial charge in [0.2, 0.25) is 5.91 Å². The molecule has 0 aliphatic heterocycles. The van der Waals surface area contributed by atoms with Crippen molar-refractivity contribution in [1.29, 1.82) is 0 Å². The molecule has 3 rings (SSSR count). The van der Waals surface area contributed by atoms with Crippen molar-refractivity contribution >= 4 is 23.3 Å². The zero-order chi connectivity index (χ0) is 15.2. The molecule has 0 unspecified atom stereocenters. The summed E-state index contributed by atoms with van der Waals surface area (Å²) in [5, 5.41) is 9.08. The summed E-state index contributed by atoms with van der Waals surface area (Å²) in [5.41, 5.74) is 0. The number of nitrogens with one attached hydrogen (secondary N) is 1. The van der Waals surface area contributed by atoms with Crippen LogP contribution in [0.25, 0.3) is 6.08 Å². The van der Waals surface area contributed by atoms with Gasteiger partial charge in [0.1, 0.15) is 11.8 Å². The van der Waals surface area contributed by atoms with Crippen molar-refractivity contribution in [1.82, 2.24) is 15.1 Å². The van der Waals surface area contributed by atoms with E-state index in [0.717, 1.165) is 10.6 Å². The Hall–Kier alpha value is -2.60. The van der Waals surface area contributed by atoms with Gasteiger partial charge in [-0.05, 0) is 35.7 Å². The fourth-order valence-corrected chi connectivity index (χ4v) is 2.69. The van der Waals surface area contributed by atoms with Gasteiger partial charge >= 0.3 is 0 Å². The van der Waals surface area contributed by atoms with E-state index in [0.29, 0.717) is 6.54 Å². The van der Waals surface area contributed by atoms with Gasteiger partial charge in [-0.15, -0.1) is 11.3 Å². The molecule has 22 heavy (non-hydrogen) atoms. The number of nitrogens with zero attached hydrogens (tertiary/aromatic N) is 2. The Morgan fingerprint density at radius 1 is 1.41 bits per heavy atom. The molecule has 0 aliphatic rings. The second kappa shape index (κ2) is 6.91. The molecule has 1 atom stereocenters. The maximum Gasteiger partial charge on any atom is 0.244 e. The first-order valence-electron chi connectivity index (χ1n) is 6.85. The van der Waals surface area contributed by atoms with Gasteiger partial charge in [0, 0.05) is 29.9 Å². The van der Waals surface area contributed by atoms with Crippen molar-refractivity contribution in [3.63, 3.8) is 0 Å². The van der Waals surface area contributed by atoms with E-state index in [1.165, 1.54) is 6.08 Å². The normalized spacial score (nSPS) is 12.5. The van der Waals surface area contributed by atoms with E-state index >= 15 is 0 Å². The number of amides is 1. The molecule has 0 radical (unpaired) electrons. The number of carbonyl (C=O) groups is 1. The quantitative estimate of drug-likeness (QED) is 0.712. The SMILES string of the molecule is O=C(/C=C/c1cccs1)NC[C@@H](c1ccco1)n1cccn1. The minimum Gasteiger partial charge on any atom is -0.467 e. The van der Waals surface area contributed by atoms with Crippen molar-refractivity contribution < 1.29 is 9.21 Å². The summed E-state index contributed by atoms with van der Waals surface area (Å²) in [6.07, 6.45) is 8.50. The van der Waals surface area contributed by atoms with Gasteiger partial charge in [0.05, 0.1) is 6.26 Å². The molecule has 3 aromatic heterocycles. The molecule has 112 valence electrons. The lowest BCUT2D eigenvalue weighted by Crippen LogP contribution is -2.30. The number of carbonyl (C=O) groups excluding carboxylic acids is 1. The Balaban J connectivity index is 1.63. The highest BCUT2D eigenvalue weighted by atomic mass is 32.1. The molecule has 1 N–H and O–H groups in total. The number of rotatable bonds is 6. The van der Waals surface area contributed by atoms with Crippen molar-refractivity contribution in [2.75, 3.05) is 6.54 Å². The molecule has 0 spiro atoms. The highest BCUT2D eigenvalue weighted by molar-refractivity contribution is 7.10. The van der Waals surface area contributed by atoms with Crippen LogP contribution in [0, 0.1) is 0 Å². The Labute approximate surface area is 131 Å². The number of hydrogen-bond acceptors (Lipinski definition) is 4. The van der Waals surface area contributed by atoms with E-state index < -0.39 is 0 Å². The van der Waals surface area contributed by atoms with Gasteiger partial charge in [0.25, 0.3) is 0 Å². The highest BCUT2D eigenvalue weighted by Gasteiger charge is 2.17. The molecule has 3 aromatic rings. The summed E-state index contributed by atoms with van der Waals surface area (Å²) in [7, 11) is 0. The van der Waals surface area contributed by atoms with Crippen molar-refractivity contribution in [3.05, 3.63) is 71.1 Å². The first kappa shape index (κ1) is 14.3. The van der Waals surface area contributed by atoms with Gasteiger partial charge in [-0.3, -0.25) is 9.48 Å². The van der Waals surface area contributed by atoms with Gasteiger partial charge < -0.3 is 9.73 Å². The Morgan fingerprint density at radius 2 is 2.36 bits per heavy atom. The predicted octanol–water partition coefficient (Wildman–Crippen LogP) is 2.96. The van der Waals surface area contributed by atoms with Crippen LogP contribution in [0.3, 0.4) is 0 Å². The van der Waals surface area contributed by atoms with Crippen LogP contribution in [-0.4, -0.2) is 22.2 Å². The molecule has 5 nitrogen and oxygen atoms in total. The summed E-state index contributed by atoms with van der Waals surface area (Å²) in [4.78, 5) is 13.0. The van der Waals surface area contributed by atoms with E-state index in [9.17, 15) is 4.79 Å². The van der Waals surface area contributed by atoms with Crippen LogP contribution in [0.1, 0.15) is 16.7 Å². The minimum atomic E-state index is -0.163. The highest BCUT2D eigenvalue weighted by Crippen LogP contribution is 2.17. The number of aromatic nitrogens is 2. The summed E-state index contributed by atoms with van der Waals surface area (Å²) in [5.74, 6) is 0.614. The van der Waals surface area contributed by atoms with Crippen LogP contribution in [-0.2, 0) is 4.79 Å². The average molecular weight is 313 g/mol. The van der Waals surface area contributed by atoms with E-state index in [4.69, 9.17) is 4.42 Å². The standard InChI is InChI=1S/C16H15N3O2S/c20-16(7-6-13-4-2-11-22-13)17-12-14(15-5-1-10-21-15)19-9-3-8-18-19/h1-11,14H,12H2,(H,17,20)/b7-6+/t14-/m0/s1. The smallest absolute Gasteiger partial charge is 0.244 e. The van der Waals surface area contributed by atoms with Crippen molar-refractivity contribution in [2.45, 2.75) is 6.04 Å². The third kappa shape index (κ3) is 3.53. The summed E-state index contributed by atoms with van der Waals surface area (Å²) in [6.45, 7) is 0.406. The third-order valence-corrected chi connectivity index (χ3v) is 3.97. The maximum absolute atomic E-state index is 11.9. The zero-order valence-corrected chi connectivity index (χ0v) is 12.6. The Bertz CT molecular complexity index is 681. The summed E-state index contributed by atoms with van der Waals surface area (Å²) >= 11 is 1.59. The van der Waals surface area contributed by atoms with E-state index in [1.807, 2.05) is 41.9 Å². The molecule has 0 saturated heterocycles. The molecule has 0 bridgehead atoms. The lowest BCUT2D eigenvalue weighted by molar-refractivity contribution is -0.116. The first-order chi connectivity index (χ1) is 10.8. The fourth-order valence-electron chi connectivity index (χ4n) is 2.07. The van der Waals surface area contributed by atoms with Gasteiger partial charge in [-0.25, -0.2) is 0 Å². The molecular formula is C16H15N3O2S. The lowest BCUT2D eigenvalue weighted by Gasteiger charge is -2.15. The Kier molecular flexibility index (Phi) is 4.50. The average Bonchev–Trinajstić information content (AvgIpc) is 3.27. The van der Waals surface area contributed by atoms with Crippen molar-refractivity contribution in [3.8, 4) is 0 Å². The third-order valence-electron chi connectivity index (χ3n) is 3.13. The molecule has 0 aliphatic carbocycles. The van der Waals surface area contributed by atoms with E-state index in [-0.39, 0.29) is 11.9 Å². The second-order valence-electron chi connectivity index (χ2n) is 4.61. The largest absolute Gasteiger partial charge is 0.467 e. The minimum absolute atomic E-state index is 0.142. The van der Waals surface area contributed by atoms with Crippen LogP contribution >= 0.6 is 11.3 Å². The molecule has 0 aromatic carbocycles. The molecule has 0 saturated carbocycles. The van der Waals surface area contributed by atoms with Gasteiger partial charge in [0.15, 0.2) is 0 Å². The van der Waals surface area contributed by atoms with Crippen LogP contribution in [0.2, 0.25) is 0 Å². The first-order valence-corrected chi connectivity index (χ1v) is 7.73. The van der Waals surface area contributed by atoms with Crippen LogP contribution in [0.5, 0.6) is 0 Å². The van der Waals surface area contributed by atoms with Crippen LogP contribution < -0.4 is 5.32 Å². The number of furan rings is 1. The number of hydrogen-bond donors (Lipinski definition) is 1. The molecule has 1 amide bonds. The summed E-state index contributed by atoms with van der Waals surface area (Å²) in [6, 6.07) is 9.29. The maximum atomic E-state index is 11.9. The summed E-state index contributed by atoms with van der Waals surface area (Å²) < 4.78 is 7.21. The van der Waals surface area contributed by atoms with Gasteiger partial charge in [-0.1, -0.05) is 6.07 Å². The Morgan fingerprint density at radius 3 is 3.05 bits per heavy atom.